The van der Waals surface area contributed by atoms with E-state index >= 15 is 0 Å². The number of hydrogen-bond donors (Lipinski definition) is 0. The van der Waals surface area contributed by atoms with Crippen molar-refractivity contribution >= 4 is 65.6 Å². The molecule has 0 aliphatic rings. The topological polar surface area (TPSA) is 23.0 Å². The molecule has 0 aliphatic carbocycles. The van der Waals surface area contributed by atoms with Gasteiger partial charge in [-0.25, -0.2) is 0 Å². The first-order chi connectivity index (χ1) is 28.3. The molecule has 12 aromatic rings. The molecule has 3 nitrogen and oxygen atoms in total. The smallest absolute Gasteiger partial charge is 0.136 e. The minimum atomic E-state index is 0.891. The Balaban J connectivity index is 1.05. The Labute approximate surface area is 328 Å². The van der Waals surface area contributed by atoms with Crippen LogP contribution in [0.4, 0.5) is 0 Å². The highest BCUT2D eigenvalue weighted by Gasteiger charge is 2.21. The quantitative estimate of drug-likeness (QED) is 0.173. The van der Waals surface area contributed by atoms with E-state index in [-0.39, 0.29) is 0 Å². The van der Waals surface area contributed by atoms with Gasteiger partial charge in [0.1, 0.15) is 11.2 Å². The molecule has 0 unspecified atom stereocenters. The van der Waals surface area contributed by atoms with Crippen LogP contribution in [0.3, 0.4) is 0 Å². The number of aromatic nitrogens is 2. The van der Waals surface area contributed by atoms with Crippen LogP contribution < -0.4 is 0 Å². The van der Waals surface area contributed by atoms with Crippen LogP contribution in [0.25, 0.3) is 110 Å². The third-order valence-electron chi connectivity index (χ3n) is 11.7. The number of rotatable bonds is 5. The highest BCUT2D eigenvalue weighted by Crippen LogP contribution is 2.44. The van der Waals surface area contributed by atoms with Crippen LogP contribution in [0.2, 0.25) is 0 Å². The van der Waals surface area contributed by atoms with Crippen molar-refractivity contribution in [3.63, 3.8) is 0 Å². The summed E-state index contributed by atoms with van der Waals surface area (Å²) < 4.78 is 11.3. The number of fused-ring (bicyclic) bond motifs is 9. The minimum Gasteiger partial charge on any atom is -0.456 e. The van der Waals surface area contributed by atoms with E-state index in [1.165, 1.54) is 71.4 Å². The average molecular weight is 727 g/mol. The lowest BCUT2D eigenvalue weighted by Gasteiger charge is -2.15. The fraction of sp³-hybridized carbons (Fsp3) is 0. The van der Waals surface area contributed by atoms with Gasteiger partial charge in [0.15, 0.2) is 0 Å². The molecule has 0 fully saturated rings. The molecular weight excluding hydrogens is 693 g/mol. The normalized spacial score (nSPS) is 11.9. The first-order valence-electron chi connectivity index (χ1n) is 19.5. The van der Waals surface area contributed by atoms with E-state index in [2.05, 4.69) is 209 Å². The fourth-order valence-corrected chi connectivity index (χ4v) is 9.19. The molecule has 0 amide bonds. The van der Waals surface area contributed by atoms with Crippen LogP contribution in [-0.4, -0.2) is 9.13 Å². The zero-order valence-electron chi connectivity index (χ0n) is 30.9. The fourth-order valence-electron chi connectivity index (χ4n) is 9.19. The summed E-state index contributed by atoms with van der Waals surface area (Å²) in [5, 5.41) is 7.19. The standard InChI is InChI=1S/C54H34N2O/c1-3-14-35(15-4-1)37-18-13-19-40(32-37)55-46-23-10-7-20-41(46)44-33-38(26-28-48(44)55)39-27-29-49-45(34-39)42-21-8-11-24-47(42)56(49)50-30-31-52-54(43-22-9-12-25-51(43)57-52)53(50)36-16-5-2-6-17-36/h1-34H. The van der Waals surface area contributed by atoms with Crippen LogP contribution in [0.1, 0.15) is 0 Å². The summed E-state index contributed by atoms with van der Waals surface area (Å²) >= 11 is 0. The van der Waals surface area contributed by atoms with Crippen molar-refractivity contribution in [1.29, 1.82) is 0 Å². The van der Waals surface area contributed by atoms with Crippen LogP contribution in [0, 0.1) is 0 Å². The highest BCUT2D eigenvalue weighted by atomic mass is 16.3. The summed E-state index contributed by atoms with van der Waals surface area (Å²) in [6, 6.07) is 74.4. The second kappa shape index (κ2) is 12.5. The van der Waals surface area contributed by atoms with Crippen LogP contribution >= 0.6 is 0 Å². The maximum absolute atomic E-state index is 6.42. The maximum Gasteiger partial charge on any atom is 0.136 e. The number of para-hydroxylation sites is 3. The van der Waals surface area contributed by atoms with Gasteiger partial charge >= 0.3 is 0 Å². The van der Waals surface area contributed by atoms with E-state index in [1.54, 1.807) is 0 Å². The molecule has 0 saturated heterocycles. The Hall–Kier alpha value is -7.62. The van der Waals surface area contributed by atoms with Gasteiger partial charge in [-0.3, -0.25) is 0 Å². The minimum absolute atomic E-state index is 0.891. The number of furan rings is 1. The molecule has 3 heteroatoms. The number of nitrogens with zero attached hydrogens (tertiary/aromatic N) is 2. The van der Waals surface area contributed by atoms with Crippen molar-refractivity contribution in [3.05, 3.63) is 206 Å². The Morgan fingerprint density at radius 3 is 1.53 bits per heavy atom. The molecule has 3 aromatic heterocycles. The second-order valence-corrected chi connectivity index (χ2v) is 14.9. The van der Waals surface area contributed by atoms with Gasteiger partial charge in [0, 0.05) is 43.6 Å². The molecule has 0 radical (unpaired) electrons. The summed E-state index contributed by atoms with van der Waals surface area (Å²) in [5.74, 6) is 0. The third kappa shape index (κ3) is 4.86. The van der Waals surface area contributed by atoms with E-state index in [0.29, 0.717) is 0 Å². The van der Waals surface area contributed by atoms with E-state index in [9.17, 15) is 0 Å². The predicted molar refractivity (Wildman–Crippen MR) is 239 cm³/mol. The van der Waals surface area contributed by atoms with Gasteiger partial charge in [-0.1, -0.05) is 140 Å². The summed E-state index contributed by atoms with van der Waals surface area (Å²) in [4.78, 5) is 0. The van der Waals surface area contributed by atoms with Crippen molar-refractivity contribution < 1.29 is 4.42 Å². The van der Waals surface area contributed by atoms with Gasteiger partial charge < -0.3 is 13.6 Å². The molecule has 266 valence electrons. The summed E-state index contributed by atoms with van der Waals surface area (Å²) in [6.45, 7) is 0. The van der Waals surface area contributed by atoms with E-state index in [1.807, 2.05) is 6.07 Å². The lowest BCUT2D eigenvalue weighted by molar-refractivity contribution is 0.669. The van der Waals surface area contributed by atoms with E-state index in [0.717, 1.165) is 38.9 Å². The van der Waals surface area contributed by atoms with Crippen LogP contribution in [-0.2, 0) is 0 Å². The van der Waals surface area contributed by atoms with E-state index < -0.39 is 0 Å². The SMILES string of the molecule is c1ccc(-c2cccc(-n3c4ccccc4c4cc(-c5ccc6c(c5)c5ccccc5n6-c5ccc6oc7ccccc7c6c5-c5ccccc5)ccc43)c2)cc1. The maximum atomic E-state index is 6.42. The van der Waals surface area contributed by atoms with Crippen molar-refractivity contribution in [1.82, 2.24) is 9.13 Å². The Kier molecular flexibility index (Phi) is 6.93. The molecular formula is C54H34N2O. The Bertz CT molecular complexity index is 3510. The van der Waals surface area contributed by atoms with Gasteiger partial charge in [0.05, 0.1) is 27.8 Å². The molecule has 0 N–H and O–H groups in total. The van der Waals surface area contributed by atoms with Gasteiger partial charge in [-0.2, -0.15) is 0 Å². The van der Waals surface area contributed by atoms with Crippen LogP contribution in [0.15, 0.2) is 211 Å². The Morgan fingerprint density at radius 1 is 0.298 bits per heavy atom. The van der Waals surface area contributed by atoms with Crippen molar-refractivity contribution in [2.45, 2.75) is 0 Å². The van der Waals surface area contributed by atoms with Gasteiger partial charge in [0.25, 0.3) is 0 Å². The van der Waals surface area contributed by atoms with Crippen molar-refractivity contribution in [2.24, 2.45) is 0 Å². The summed E-state index contributed by atoms with van der Waals surface area (Å²) in [6.07, 6.45) is 0. The highest BCUT2D eigenvalue weighted by molar-refractivity contribution is 6.17. The predicted octanol–water partition coefficient (Wildman–Crippen LogP) is 14.8. The lowest BCUT2D eigenvalue weighted by atomic mass is 9.97. The average Bonchev–Trinajstić information content (AvgIpc) is 3.94. The summed E-state index contributed by atoms with van der Waals surface area (Å²) in [5.41, 5.74) is 15.9. The molecule has 3 heterocycles. The first-order valence-corrected chi connectivity index (χ1v) is 19.5. The van der Waals surface area contributed by atoms with E-state index in [4.69, 9.17) is 4.42 Å². The second-order valence-electron chi connectivity index (χ2n) is 14.9. The monoisotopic (exact) mass is 726 g/mol. The lowest BCUT2D eigenvalue weighted by Crippen LogP contribution is -1.98. The zero-order valence-corrected chi connectivity index (χ0v) is 30.9. The zero-order chi connectivity index (χ0) is 37.5. The molecule has 0 aliphatic heterocycles. The largest absolute Gasteiger partial charge is 0.456 e. The van der Waals surface area contributed by atoms with Gasteiger partial charge in [0.2, 0.25) is 0 Å². The van der Waals surface area contributed by atoms with Crippen LogP contribution in [0.5, 0.6) is 0 Å². The molecule has 0 bridgehead atoms. The summed E-state index contributed by atoms with van der Waals surface area (Å²) in [7, 11) is 0. The number of hydrogen-bond acceptors (Lipinski definition) is 1. The molecule has 9 aromatic carbocycles. The molecule has 57 heavy (non-hydrogen) atoms. The molecule has 0 saturated carbocycles. The Morgan fingerprint density at radius 2 is 0.825 bits per heavy atom. The molecule has 0 atom stereocenters. The van der Waals surface area contributed by atoms with Crippen molar-refractivity contribution in [3.8, 4) is 44.8 Å². The van der Waals surface area contributed by atoms with Crippen molar-refractivity contribution in [2.75, 3.05) is 0 Å². The first kappa shape index (κ1) is 31.7. The molecule has 0 spiro atoms. The molecule has 12 rings (SSSR count). The van der Waals surface area contributed by atoms with Gasteiger partial charge in [-0.15, -0.1) is 0 Å². The number of benzene rings is 9. The van der Waals surface area contributed by atoms with Gasteiger partial charge in [-0.05, 0) is 94.5 Å². The third-order valence-corrected chi connectivity index (χ3v) is 11.7.